The molecule has 4 atom stereocenters. The first-order chi connectivity index (χ1) is 9.94. The standard InChI is InChI=1S/C13H17ClN2O4S/c1-19-9-6-7(14)2-3-10(9)21(17,18)16-12-11(15)8-4-5-20-13(8)12/h2-3,6,8,11-13,16H,4-5,15H2,1H3. The normalized spacial score (nSPS) is 31.6. The fourth-order valence-electron chi connectivity index (χ4n) is 3.00. The first-order valence-corrected chi connectivity index (χ1v) is 8.53. The second-order valence-electron chi connectivity index (χ2n) is 5.31. The van der Waals surface area contributed by atoms with E-state index < -0.39 is 16.1 Å². The van der Waals surface area contributed by atoms with Gasteiger partial charge < -0.3 is 15.2 Å². The van der Waals surface area contributed by atoms with E-state index in [1.807, 2.05) is 0 Å². The van der Waals surface area contributed by atoms with E-state index in [4.69, 9.17) is 26.8 Å². The molecule has 1 heterocycles. The van der Waals surface area contributed by atoms with Gasteiger partial charge in [-0.15, -0.1) is 0 Å². The Morgan fingerprint density at radius 1 is 1.48 bits per heavy atom. The van der Waals surface area contributed by atoms with Crippen LogP contribution < -0.4 is 15.2 Å². The van der Waals surface area contributed by atoms with Crippen molar-refractivity contribution in [3.05, 3.63) is 23.2 Å². The molecule has 6 nitrogen and oxygen atoms in total. The molecule has 1 aromatic carbocycles. The third-order valence-electron chi connectivity index (χ3n) is 4.15. The van der Waals surface area contributed by atoms with Crippen molar-refractivity contribution >= 4 is 21.6 Å². The Morgan fingerprint density at radius 2 is 2.24 bits per heavy atom. The number of hydrogen-bond acceptors (Lipinski definition) is 5. The van der Waals surface area contributed by atoms with E-state index in [1.165, 1.54) is 25.3 Å². The zero-order valence-corrected chi connectivity index (χ0v) is 13.0. The molecule has 8 heteroatoms. The summed E-state index contributed by atoms with van der Waals surface area (Å²) in [5.41, 5.74) is 6.03. The molecule has 1 saturated heterocycles. The molecule has 0 amide bonds. The highest BCUT2D eigenvalue weighted by Gasteiger charge is 2.53. The summed E-state index contributed by atoms with van der Waals surface area (Å²) in [7, 11) is -2.35. The van der Waals surface area contributed by atoms with Gasteiger partial charge in [-0.05, 0) is 18.6 Å². The number of hydrogen-bond donors (Lipinski definition) is 2. The molecule has 4 unspecified atom stereocenters. The summed E-state index contributed by atoms with van der Waals surface area (Å²) in [5.74, 6) is 0.441. The van der Waals surface area contributed by atoms with Crippen molar-refractivity contribution in [1.82, 2.24) is 4.72 Å². The van der Waals surface area contributed by atoms with E-state index in [-0.39, 0.29) is 28.7 Å². The van der Waals surface area contributed by atoms with Gasteiger partial charge in [0.2, 0.25) is 10.0 Å². The number of benzene rings is 1. The molecule has 116 valence electrons. The number of methoxy groups -OCH3 is 1. The number of halogens is 1. The Labute approximate surface area is 128 Å². The third-order valence-corrected chi connectivity index (χ3v) is 5.89. The van der Waals surface area contributed by atoms with E-state index in [0.717, 1.165) is 6.42 Å². The molecule has 2 aliphatic rings. The Hall–Kier alpha value is -0.860. The van der Waals surface area contributed by atoms with Crippen LogP contribution >= 0.6 is 11.6 Å². The van der Waals surface area contributed by atoms with Gasteiger partial charge in [-0.3, -0.25) is 0 Å². The summed E-state index contributed by atoms with van der Waals surface area (Å²) in [6.45, 7) is 0.630. The zero-order chi connectivity index (χ0) is 15.2. The lowest BCUT2D eigenvalue weighted by Crippen LogP contribution is -2.68. The van der Waals surface area contributed by atoms with Gasteiger partial charge in [0.15, 0.2) is 0 Å². The number of nitrogens with one attached hydrogen (secondary N) is 1. The van der Waals surface area contributed by atoms with Gasteiger partial charge in [0.05, 0.1) is 19.3 Å². The van der Waals surface area contributed by atoms with Gasteiger partial charge in [-0.25, -0.2) is 13.1 Å². The van der Waals surface area contributed by atoms with Crippen molar-refractivity contribution in [2.75, 3.05) is 13.7 Å². The smallest absolute Gasteiger partial charge is 0.244 e. The maximum Gasteiger partial charge on any atom is 0.244 e. The van der Waals surface area contributed by atoms with Crippen molar-refractivity contribution in [2.24, 2.45) is 11.7 Å². The van der Waals surface area contributed by atoms with E-state index in [1.54, 1.807) is 0 Å². The van der Waals surface area contributed by atoms with Crippen molar-refractivity contribution < 1.29 is 17.9 Å². The van der Waals surface area contributed by atoms with Crippen LogP contribution in [0, 0.1) is 5.92 Å². The van der Waals surface area contributed by atoms with E-state index in [2.05, 4.69) is 4.72 Å². The van der Waals surface area contributed by atoms with Gasteiger partial charge in [0.25, 0.3) is 0 Å². The second-order valence-corrected chi connectivity index (χ2v) is 7.43. The predicted molar refractivity (Wildman–Crippen MR) is 77.9 cm³/mol. The first kappa shape index (κ1) is 15.1. The molecule has 1 aliphatic carbocycles. The SMILES string of the molecule is COc1cc(Cl)ccc1S(=O)(=O)NC1C(N)C2CCOC21. The predicted octanol–water partition coefficient (Wildman–Crippen LogP) is 0.742. The highest BCUT2D eigenvalue weighted by Crippen LogP contribution is 2.39. The fourth-order valence-corrected chi connectivity index (χ4v) is 4.59. The molecule has 3 rings (SSSR count). The highest BCUT2D eigenvalue weighted by molar-refractivity contribution is 7.89. The molecule has 3 N–H and O–H groups in total. The van der Waals surface area contributed by atoms with Crippen LogP contribution in [0.25, 0.3) is 0 Å². The lowest BCUT2D eigenvalue weighted by molar-refractivity contribution is -0.00925. The van der Waals surface area contributed by atoms with Crippen molar-refractivity contribution in [3.8, 4) is 5.75 Å². The maximum atomic E-state index is 12.5. The van der Waals surface area contributed by atoms with Gasteiger partial charge >= 0.3 is 0 Å². The molecular formula is C13H17ClN2O4S. The van der Waals surface area contributed by atoms with Crippen LogP contribution in [-0.2, 0) is 14.8 Å². The second kappa shape index (κ2) is 5.40. The first-order valence-electron chi connectivity index (χ1n) is 6.67. The summed E-state index contributed by atoms with van der Waals surface area (Å²) in [6.07, 6.45) is 0.752. The number of sulfonamides is 1. The highest BCUT2D eigenvalue weighted by atomic mass is 35.5. The molecule has 0 aromatic heterocycles. The van der Waals surface area contributed by atoms with Crippen molar-refractivity contribution in [2.45, 2.75) is 29.5 Å². The fraction of sp³-hybridized carbons (Fsp3) is 0.538. The molecule has 1 saturated carbocycles. The number of ether oxygens (including phenoxy) is 2. The van der Waals surface area contributed by atoms with Crippen LogP contribution in [0.1, 0.15) is 6.42 Å². The van der Waals surface area contributed by atoms with Gasteiger partial charge in [-0.2, -0.15) is 0 Å². The molecule has 2 fully saturated rings. The van der Waals surface area contributed by atoms with Gasteiger partial charge in [0, 0.05) is 29.7 Å². The van der Waals surface area contributed by atoms with Crippen LogP contribution in [0.3, 0.4) is 0 Å². The summed E-state index contributed by atoms with van der Waals surface area (Å²) in [6, 6.07) is 3.77. The molecule has 1 aliphatic heterocycles. The lowest BCUT2D eigenvalue weighted by atomic mass is 9.73. The Balaban J connectivity index is 1.84. The Morgan fingerprint density at radius 3 is 2.95 bits per heavy atom. The monoisotopic (exact) mass is 332 g/mol. The average molecular weight is 333 g/mol. The van der Waals surface area contributed by atoms with E-state index in [9.17, 15) is 8.42 Å². The Bertz CT molecular complexity index is 652. The van der Waals surface area contributed by atoms with Crippen LogP contribution in [0.5, 0.6) is 5.75 Å². The zero-order valence-electron chi connectivity index (χ0n) is 11.5. The van der Waals surface area contributed by atoms with Crippen LogP contribution in [-0.4, -0.2) is 40.3 Å². The number of fused-ring (bicyclic) bond motifs is 1. The van der Waals surface area contributed by atoms with Gasteiger partial charge in [0.1, 0.15) is 10.6 Å². The van der Waals surface area contributed by atoms with Crippen molar-refractivity contribution in [1.29, 1.82) is 0 Å². The molecule has 0 bridgehead atoms. The summed E-state index contributed by atoms with van der Waals surface area (Å²) >= 11 is 5.85. The largest absolute Gasteiger partial charge is 0.495 e. The minimum atomic E-state index is -3.75. The lowest BCUT2D eigenvalue weighted by Gasteiger charge is -2.45. The minimum absolute atomic E-state index is 0.0445. The topological polar surface area (TPSA) is 90.7 Å². The number of rotatable bonds is 4. The molecule has 0 spiro atoms. The van der Waals surface area contributed by atoms with Crippen LogP contribution in [0.2, 0.25) is 5.02 Å². The summed E-state index contributed by atoms with van der Waals surface area (Å²) in [4.78, 5) is 0.0445. The van der Waals surface area contributed by atoms with Crippen LogP contribution in [0.15, 0.2) is 23.1 Å². The van der Waals surface area contributed by atoms with Gasteiger partial charge in [-0.1, -0.05) is 11.6 Å². The van der Waals surface area contributed by atoms with Crippen LogP contribution in [0.4, 0.5) is 0 Å². The molecule has 0 radical (unpaired) electrons. The third kappa shape index (κ3) is 2.53. The summed E-state index contributed by atoms with van der Waals surface area (Å²) in [5, 5.41) is 0.408. The molecule has 21 heavy (non-hydrogen) atoms. The summed E-state index contributed by atoms with van der Waals surface area (Å²) < 4.78 is 38.3. The van der Waals surface area contributed by atoms with E-state index in [0.29, 0.717) is 11.6 Å². The molecular weight excluding hydrogens is 316 g/mol. The minimum Gasteiger partial charge on any atom is -0.495 e. The number of nitrogens with two attached hydrogens (primary N) is 1. The quantitative estimate of drug-likeness (QED) is 0.848. The van der Waals surface area contributed by atoms with E-state index >= 15 is 0 Å². The Kier molecular flexibility index (Phi) is 3.87. The maximum absolute atomic E-state index is 12.5. The average Bonchev–Trinajstić information content (AvgIpc) is 2.89. The van der Waals surface area contributed by atoms with Crippen molar-refractivity contribution in [3.63, 3.8) is 0 Å². The molecule has 1 aromatic rings.